The van der Waals surface area contributed by atoms with Gasteiger partial charge in [0, 0.05) is 13.0 Å². The standard InChI is InChI=1S/C20H33NO3.C2H6/c1-8-10-16(11-9-2)15(3)12-13-17(19(23)21-7)14-18(22)24-20(4,5)6;1-2/h8-11,15,17H,1,12-14H2,2-7H3,(H,21,23);1-2H3/b11-9-,16-10+;. The van der Waals surface area contributed by atoms with Crippen molar-refractivity contribution >= 4 is 11.9 Å². The largest absolute Gasteiger partial charge is 0.460 e. The second kappa shape index (κ2) is 14.3. The zero-order chi connectivity index (χ0) is 20.8. The van der Waals surface area contributed by atoms with Gasteiger partial charge in [0.15, 0.2) is 0 Å². The molecule has 4 heteroatoms. The Bertz CT molecular complexity index is 484. The second-order valence-corrected chi connectivity index (χ2v) is 6.98. The third-order valence-electron chi connectivity index (χ3n) is 3.64. The van der Waals surface area contributed by atoms with Crippen LogP contribution in [0.2, 0.25) is 0 Å². The maximum atomic E-state index is 12.1. The highest BCUT2D eigenvalue weighted by atomic mass is 16.6. The van der Waals surface area contributed by atoms with Crippen LogP contribution in [0.5, 0.6) is 0 Å². The first-order valence-electron chi connectivity index (χ1n) is 9.53. The highest BCUT2D eigenvalue weighted by Crippen LogP contribution is 2.23. The van der Waals surface area contributed by atoms with Crippen molar-refractivity contribution in [3.05, 3.63) is 36.5 Å². The number of allylic oxidation sites excluding steroid dienone is 5. The summed E-state index contributed by atoms with van der Waals surface area (Å²) in [6, 6.07) is 0. The summed E-state index contributed by atoms with van der Waals surface area (Å²) >= 11 is 0. The third-order valence-corrected chi connectivity index (χ3v) is 3.64. The molecule has 2 unspecified atom stereocenters. The van der Waals surface area contributed by atoms with Crippen molar-refractivity contribution in [3.63, 3.8) is 0 Å². The Morgan fingerprint density at radius 1 is 1.19 bits per heavy atom. The molecule has 0 heterocycles. The third kappa shape index (κ3) is 12.5. The van der Waals surface area contributed by atoms with E-state index in [1.165, 1.54) is 5.57 Å². The van der Waals surface area contributed by atoms with Crippen LogP contribution in [-0.2, 0) is 14.3 Å². The average molecular weight is 366 g/mol. The normalized spacial score (nSPS) is 14.1. The molecule has 0 aromatic heterocycles. The summed E-state index contributed by atoms with van der Waals surface area (Å²) in [5.41, 5.74) is 0.629. The quantitative estimate of drug-likeness (QED) is 0.451. The Morgan fingerprint density at radius 2 is 1.77 bits per heavy atom. The second-order valence-electron chi connectivity index (χ2n) is 6.98. The Labute approximate surface area is 160 Å². The molecule has 26 heavy (non-hydrogen) atoms. The first-order valence-corrected chi connectivity index (χ1v) is 9.53. The molecule has 0 rings (SSSR count). The molecular formula is C22H39NO3. The van der Waals surface area contributed by atoms with Crippen LogP contribution in [0, 0.1) is 11.8 Å². The first kappa shape index (κ1) is 26.4. The molecule has 4 nitrogen and oxygen atoms in total. The molecule has 0 spiro atoms. The fourth-order valence-corrected chi connectivity index (χ4v) is 2.44. The SMILES string of the molecule is C=C/C=C(\C=C/C)C(C)CCC(CC(=O)OC(C)(C)C)C(=O)NC.CC. The van der Waals surface area contributed by atoms with E-state index < -0.39 is 5.60 Å². The molecule has 0 aliphatic carbocycles. The van der Waals surface area contributed by atoms with Gasteiger partial charge in [-0.2, -0.15) is 0 Å². The van der Waals surface area contributed by atoms with Crippen LogP contribution in [0.3, 0.4) is 0 Å². The van der Waals surface area contributed by atoms with Gasteiger partial charge in [0.25, 0.3) is 0 Å². The molecular weight excluding hydrogens is 326 g/mol. The van der Waals surface area contributed by atoms with Crippen molar-refractivity contribution in [2.24, 2.45) is 11.8 Å². The van der Waals surface area contributed by atoms with Gasteiger partial charge in [0.1, 0.15) is 5.60 Å². The average Bonchev–Trinajstić information content (AvgIpc) is 2.57. The van der Waals surface area contributed by atoms with Gasteiger partial charge in [-0.05, 0) is 52.0 Å². The summed E-state index contributed by atoms with van der Waals surface area (Å²) in [6.07, 6.45) is 9.33. The lowest BCUT2D eigenvalue weighted by Gasteiger charge is -2.22. The number of carbonyl (C=O) groups excluding carboxylic acids is 2. The summed E-state index contributed by atoms with van der Waals surface area (Å²) in [6.45, 7) is 17.3. The lowest BCUT2D eigenvalue weighted by atomic mass is 9.89. The smallest absolute Gasteiger partial charge is 0.307 e. The topological polar surface area (TPSA) is 55.4 Å². The molecule has 0 aliphatic rings. The van der Waals surface area contributed by atoms with Crippen LogP contribution in [0.15, 0.2) is 36.5 Å². The molecule has 0 aromatic rings. The van der Waals surface area contributed by atoms with Crippen LogP contribution >= 0.6 is 0 Å². The van der Waals surface area contributed by atoms with Gasteiger partial charge in [-0.15, -0.1) is 0 Å². The van der Waals surface area contributed by atoms with E-state index in [-0.39, 0.29) is 30.1 Å². The fraction of sp³-hybridized carbons (Fsp3) is 0.636. The number of hydrogen-bond donors (Lipinski definition) is 1. The molecule has 1 N–H and O–H groups in total. The minimum absolute atomic E-state index is 0.105. The minimum Gasteiger partial charge on any atom is -0.460 e. The zero-order valence-electron chi connectivity index (χ0n) is 18.0. The molecule has 2 atom stereocenters. The molecule has 0 saturated heterocycles. The molecule has 0 aromatic carbocycles. The summed E-state index contributed by atoms with van der Waals surface area (Å²) in [7, 11) is 1.59. The van der Waals surface area contributed by atoms with Gasteiger partial charge in [-0.25, -0.2) is 0 Å². The number of amides is 1. The van der Waals surface area contributed by atoms with E-state index in [2.05, 4.69) is 24.9 Å². The Balaban J connectivity index is 0. The van der Waals surface area contributed by atoms with E-state index in [0.717, 1.165) is 6.42 Å². The Kier molecular flexibility index (Phi) is 14.6. The van der Waals surface area contributed by atoms with Gasteiger partial charge < -0.3 is 10.1 Å². The van der Waals surface area contributed by atoms with E-state index in [0.29, 0.717) is 6.42 Å². The molecule has 150 valence electrons. The first-order chi connectivity index (χ1) is 12.1. The van der Waals surface area contributed by atoms with E-state index in [9.17, 15) is 9.59 Å². The molecule has 0 aliphatic heterocycles. The van der Waals surface area contributed by atoms with Crippen LogP contribution in [0.1, 0.15) is 67.7 Å². The lowest BCUT2D eigenvalue weighted by Crippen LogP contribution is -2.32. The minimum atomic E-state index is -0.538. The van der Waals surface area contributed by atoms with Gasteiger partial charge >= 0.3 is 5.97 Å². The predicted octanol–water partition coefficient (Wildman–Crippen LogP) is 5.21. The number of ether oxygens (including phenoxy) is 1. The highest BCUT2D eigenvalue weighted by Gasteiger charge is 2.25. The molecule has 0 fully saturated rings. The Hall–Kier alpha value is -1.84. The maximum absolute atomic E-state index is 12.1. The van der Waals surface area contributed by atoms with Crippen LogP contribution in [0.25, 0.3) is 0 Å². The number of hydrogen-bond acceptors (Lipinski definition) is 3. The molecule has 1 amide bonds. The predicted molar refractivity (Wildman–Crippen MR) is 111 cm³/mol. The molecule has 0 bridgehead atoms. The van der Waals surface area contributed by atoms with E-state index in [1.54, 1.807) is 13.1 Å². The molecule has 0 saturated carbocycles. The van der Waals surface area contributed by atoms with Crippen molar-refractivity contribution in [2.45, 2.75) is 73.3 Å². The van der Waals surface area contributed by atoms with Crippen molar-refractivity contribution < 1.29 is 14.3 Å². The van der Waals surface area contributed by atoms with E-state index in [4.69, 9.17) is 4.74 Å². The van der Waals surface area contributed by atoms with Gasteiger partial charge in [0.05, 0.1) is 6.42 Å². The van der Waals surface area contributed by atoms with Gasteiger partial charge in [0.2, 0.25) is 5.91 Å². The van der Waals surface area contributed by atoms with Crippen molar-refractivity contribution in [1.29, 1.82) is 0 Å². The fourth-order valence-electron chi connectivity index (χ4n) is 2.44. The summed E-state index contributed by atoms with van der Waals surface area (Å²) in [4.78, 5) is 24.1. The van der Waals surface area contributed by atoms with Crippen LogP contribution in [0.4, 0.5) is 0 Å². The van der Waals surface area contributed by atoms with Crippen molar-refractivity contribution in [3.8, 4) is 0 Å². The van der Waals surface area contributed by atoms with Crippen molar-refractivity contribution in [2.75, 3.05) is 7.05 Å². The number of rotatable bonds is 9. The number of carbonyl (C=O) groups is 2. The highest BCUT2D eigenvalue weighted by molar-refractivity contribution is 5.83. The zero-order valence-corrected chi connectivity index (χ0v) is 18.0. The lowest BCUT2D eigenvalue weighted by molar-refractivity contribution is -0.157. The monoisotopic (exact) mass is 365 g/mol. The number of esters is 1. The Morgan fingerprint density at radius 3 is 2.19 bits per heavy atom. The summed E-state index contributed by atoms with van der Waals surface area (Å²) in [5, 5.41) is 2.65. The molecule has 0 radical (unpaired) electrons. The van der Waals surface area contributed by atoms with Crippen LogP contribution < -0.4 is 5.32 Å². The summed E-state index contributed by atoms with van der Waals surface area (Å²) < 4.78 is 5.34. The van der Waals surface area contributed by atoms with Gasteiger partial charge in [-0.1, -0.05) is 51.7 Å². The van der Waals surface area contributed by atoms with Crippen LogP contribution in [-0.4, -0.2) is 24.5 Å². The van der Waals surface area contributed by atoms with Gasteiger partial charge in [-0.3, -0.25) is 9.59 Å². The van der Waals surface area contributed by atoms with E-state index >= 15 is 0 Å². The van der Waals surface area contributed by atoms with Crippen molar-refractivity contribution in [1.82, 2.24) is 5.32 Å². The maximum Gasteiger partial charge on any atom is 0.307 e. The van der Waals surface area contributed by atoms with E-state index in [1.807, 2.05) is 53.7 Å². The summed E-state index contributed by atoms with van der Waals surface area (Å²) in [5.74, 6) is -0.541. The number of nitrogens with one attached hydrogen (secondary N) is 1.